The number of carbonyl (C=O) groups excluding carboxylic acids is 2. The first-order chi connectivity index (χ1) is 18.7. The summed E-state index contributed by atoms with van der Waals surface area (Å²) in [4.78, 5) is 35.2. The van der Waals surface area contributed by atoms with Crippen LogP contribution in [0.5, 0.6) is 0 Å². The van der Waals surface area contributed by atoms with Gasteiger partial charge in [-0.1, -0.05) is 44.2 Å². The molecule has 0 bridgehead atoms. The fraction of sp³-hybridized carbons (Fsp3) is 0.300. The number of rotatable bonds is 6. The van der Waals surface area contributed by atoms with Crippen molar-refractivity contribution >= 4 is 34.1 Å². The van der Waals surface area contributed by atoms with Gasteiger partial charge in [0.1, 0.15) is 11.9 Å². The summed E-state index contributed by atoms with van der Waals surface area (Å²) in [5.74, 6) is 0.536. The molecule has 1 fully saturated rings. The minimum absolute atomic E-state index is 0.0829. The number of methoxy groups -OCH3 is 1. The Morgan fingerprint density at radius 3 is 2.36 bits per heavy atom. The summed E-state index contributed by atoms with van der Waals surface area (Å²) in [7, 11) is 1.29. The minimum Gasteiger partial charge on any atom is -0.453 e. The molecule has 1 saturated heterocycles. The standard InChI is InChI=1S/C30H34N6O3/c1-17(2)27(35-30(38)39-3)29(37)36-12-4-5-26(36)28-33-16-25(34-28)22-9-8-18-13-19(6-7-20(18)14-22)21-10-11-23(31)24(32)15-21/h6-11,13-17,26-27H,4-5,12,31-32H2,1-3H3,(H,33,34)(H,35,38)/t26-,27-/m0/s1. The van der Waals surface area contributed by atoms with E-state index in [-0.39, 0.29) is 17.9 Å². The molecule has 202 valence electrons. The van der Waals surface area contributed by atoms with Gasteiger partial charge in [0.25, 0.3) is 0 Å². The maximum atomic E-state index is 13.4. The summed E-state index contributed by atoms with van der Waals surface area (Å²) in [6.45, 7) is 4.43. The summed E-state index contributed by atoms with van der Waals surface area (Å²) in [5.41, 5.74) is 17.0. The molecule has 1 aliphatic heterocycles. The third-order valence-corrected chi connectivity index (χ3v) is 7.41. The summed E-state index contributed by atoms with van der Waals surface area (Å²) >= 11 is 0. The van der Waals surface area contributed by atoms with Gasteiger partial charge in [0.2, 0.25) is 5.91 Å². The van der Waals surface area contributed by atoms with E-state index in [2.05, 4.69) is 51.7 Å². The van der Waals surface area contributed by atoms with Crippen LogP contribution >= 0.6 is 0 Å². The first kappa shape index (κ1) is 26.1. The Kier molecular flexibility index (Phi) is 7.15. The zero-order chi connectivity index (χ0) is 27.7. The van der Waals surface area contributed by atoms with Crippen LogP contribution in [0, 0.1) is 5.92 Å². The summed E-state index contributed by atoms with van der Waals surface area (Å²) < 4.78 is 4.73. The van der Waals surface area contributed by atoms with Gasteiger partial charge in [-0.15, -0.1) is 0 Å². The largest absolute Gasteiger partial charge is 0.453 e. The van der Waals surface area contributed by atoms with Crippen LogP contribution in [0.1, 0.15) is 38.6 Å². The van der Waals surface area contributed by atoms with E-state index in [9.17, 15) is 9.59 Å². The monoisotopic (exact) mass is 526 g/mol. The number of likely N-dealkylation sites (tertiary alicyclic amines) is 1. The molecule has 0 spiro atoms. The van der Waals surface area contributed by atoms with E-state index in [1.807, 2.05) is 43.1 Å². The van der Waals surface area contributed by atoms with Gasteiger partial charge in [-0.25, -0.2) is 9.78 Å². The number of anilines is 2. The van der Waals surface area contributed by atoms with Crippen LogP contribution in [0.15, 0.2) is 60.8 Å². The maximum absolute atomic E-state index is 13.4. The lowest BCUT2D eigenvalue weighted by molar-refractivity contribution is -0.135. The number of carbonyl (C=O) groups is 2. The molecule has 0 saturated carbocycles. The number of hydrogen-bond donors (Lipinski definition) is 4. The molecule has 9 nitrogen and oxygen atoms in total. The normalized spacial score (nSPS) is 16.0. The van der Waals surface area contributed by atoms with Crippen molar-refractivity contribution in [2.45, 2.75) is 38.8 Å². The lowest BCUT2D eigenvalue weighted by atomic mass is 9.99. The third kappa shape index (κ3) is 5.25. The number of ether oxygens (including phenoxy) is 1. The van der Waals surface area contributed by atoms with Crippen molar-refractivity contribution in [3.05, 3.63) is 66.6 Å². The van der Waals surface area contributed by atoms with Gasteiger partial charge in [0, 0.05) is 12.1 Å². The number of benzene rings is 3. The van der Waals surface area contributed by atoms with Crippen molar-refractivity contribution in [3.63, 3.8) is 0 Å². The number of nitrogens with zero attached hydrogens (tertiary/aromatic N) is 2. The number of hydrogen-bond acceptors (Lipinski definition) is 6. The molecule has 1 aliphatic rings. The van der Waals surface area contributed by atoms with E-state index in [4.69, 9.17) is 16.2 Å². The van der Waals surface area contributed by atoms with Crippen LogP contribution in [-0.4, -0.2) is 46.6 Å². The molecule has 39 heavy (non-hydrogen) atoms. The number of amides is 2. The van der Waals surface area contributed by atoms with Crippen molar-refractivity contribution in [2.24, 2.45) is 5.92 Å². The van der Waals surface area contributed by atoms with Gasteiger partial charge < -0.3 is 31.4 Å². The molecule has 0 radical (unpaired) electrons. The Morgan fingerprint density at radius 2 is 1.67 bits per heavy atom. The van der Waals surface area contributed by atoms with Crippen molar-refractivity contribution in [3.8, 4) is 22.4 Å². The number of fused-ring (bicyclic) bond motifs is 1. The lowest BCUT2D eigenvalue weighted by Gasteiger charge is -2.30. The van der Waals surface area contributed by atoms with Gasteiger partial charge in [-0.2, -0.15) is 0 Å². The zero-order valence-corrected chi connectivity index (χ0v) is 22.4. The van der Waals surface area contributed by atoms with Gasteiger partial charge in [0.15, 0.2) is 0 Å². The number of aromatic amines is 1. The predicted molar refractivity (Wildman–Crippen MR) is 154 cm³/mol. The Bertz CT molecular complexity index is 1530. The Morgan fingerprint density at radius 1 is 1.00 bits per heavy atom. The number of H-pyrrole nitrogens is 1. The molecule has 0 unspecified atom stereocenters. The second kappa shape index (κ2) is 10.7. The number of nitrogen functional groups attached to an aromatic ring is 2. The molecule has 9 heteroatoms. The zero-order valence-electron chi connectivity index (χ0n) is 22.4. The SMILES string of the molecule is COC(=O)N[C@H](C(=O)N1CCC[C@H]1c1ncc(-c2ccc3cc(-c4ccc(N)c(N)c4)ccc3c2)[nH]1)C(C)C. The predicted octanol–water partition coefficient (Wildman–Crippen LogP) is 5.11. The minimum atomic E-state index is -0.664. The van der Waals surface area contributed by atoms with Gasteiger partial charge in [0.05, 0.1) is 36.4 Å². The van der Waals surface area contributed by atoms with Crippen LogP contribution in [0.4, 0.5) is 16.2 Å². The van der Waals surface area contributed by atoms with Gasteiger partial charge >= 0.3 is 6.09 Å². The second-order valence-corrected chi connectivity index (χ2v) is 10.3. The lowest BCUT2D eigenvalue weighted by Crippen LogP contribution is -2.51. The second-order valence-electron chi connectivity index (χ2n) is 10.3. The number of nitrogens with two attached hydrogens (primary N) is 2. The first-order valence-electron chi connectivity index (χ1n) is 13.1. The number of imidazole rings is 1. The van der Waals surface area contributed by atoms with Gasteiger partial charge in [-0.05, 0) is 64.9 Å². The Hall–Kier alpha value is -4.53. The smallest absolute Gasteiger partial charge is 0.407 e. The molecule has 2 atom stereocenters. The molecule has 2 amide bonds. The maximum Gasteiger partial charge on any atom is 0.407 e. The highest BCUT2D eigenvalue weighted by Gasteiger charge is 2.37. The molecule has 1 aromatic heterocycles. The van der Waals surface area contributed by atoms with Crippen LogP contribution in [0.2, 0.25) is 0 Å². The Labute approximate surface area is 227 Å². The fourth-order valence-corrected chi connectivity index (χ4v) is 5.19. The molecule has 3 aromatic carbocycles. The van der Waals surface area contributed by atoms with Crippen LogP contribution in [-0.2, 0) is 9.53 Å². The van der Waals surface area contributed by atoms with Crippen molar-refractivity contribution in [1.29, 1.82) is 0 Å². The van der Waals surface area contributed by atoms with Gasteiger partial charge in [-0.3, -0.25) is 4.79 Å². The van der Waals surface area contributed by atoms with E-state index >= 15 is 0 Å². The molecule has 5 rings (SSSR count). The summed E-state index contributed by atoms with van der Waals surface area (Å²) in [6, 6.07) is 17.4. The molecular formula is C30H34N6O3. The van der Waals surface area contributed by atoms with Crippen LogP contribution < -0.4 is 16.8 Å². The van der Waals surface area contributed by atoms with E-state index in [1.165, 1.54) is 7.11 Å². The van der Waals surface area contributed by atoms with E-state index in [1.54, 1.807) is 0 Å². The number of nitrogens with one attached hydrogen (secondary N) is 2. The number of alkyl carbamates (subject to hydrolysis) is 1. The highest BCUT2D eigenvalue weighted by atomic mass is 16.5. The summed E-state index contributed by atoms with van der Waals surface area (Å²) in [5, 5.41) is 4.89. The van der Waals surface area contributed by atoms with Crippen molar-refractivity contribution in [1.82, 2.24) is 20.2 Å². The highest BCUT2D eigenvalue weighted by Crippen LogP contribution is 2.34. The van der Waals surface area contributed by atoms with E-state index in [0.29, 0.717) is 17.9 Å². The molecule has 6 N–H and O–H groups in total. The average molecular weight is 527 g/mol. The van der Waals surface area contributed by atoms with Crippen molar-refractivity contribution < 1.29 is 14.3 Å². The average Bonchev–Trinajstić information content (AvgIpc) is 3.62. The summed E-state index contributed by atoms with van der Waals surface area (Å²) in [6.07, 6.45) is 2.88. The topological polar surface area (TPSA) is 139 Å². The van der Waals surface area contributed by atoms with Crippen LogP contribution in [0.3, 0.4) is 0 Å². The Balaban J connectivity index is 1.37. The number of aromatic nitrogens is 2. The fourth-order valence-electron chi connectivity index (χ4n) is 5.19. The molecule has 2 heterocycles. The molecule has 0 aliphatic carbocycles. The van der Waals surface area contributed by atoms with Crippen LogP contribution in [0.25, 0.3) is 33.2 Å². The quantitative estimate of drug-likeness (QED) is 0.258. The molecule has 4 aromatic rings. The first-order valence-corrected chi connectivity index (χ1v) is 13.1. The molecular weight excluding hydrogens is 492 g/mol. The van der Waals surface area contributed by atoms with E-state index in [0.717, 1.165) is 51.8 Å². The van der Waals surface area contributed by atoms with E-state index < -0.39 is 12.1 Å². The third-order valence-electron chi connectivity index (χ3n) is 7.41. The van der Waals surface area contributed by atoms with Crippen molar-refractivity contribution in [2.75, 3.05) is 25.1 Å². The highest BCUT2D eigenvalue weighted by molar-refractivity contribution is 5.91.